The van der Waals surface area contributed by atoms with Crippen molar-refractivity contribution in [2.24, 2.45) is 0 Å². The van der Waals surface area contributed by atoms with Crippen LogP contribution in [0.1, 0.15) is 18.1 Å². The molecule has 1 aromatic rings. The van der Waals surface area contributed by atoms with E-state index in [1.54, 1.807) is 0 Å². The summed E-state index contributed by atoms with van der Waals surface area (Å²) in [6.07, 6.45) is 0.515. The van der Waals surface area contributed by atoms with Gasteiger partial charge in [-0.25, -0.2) is 8.42 Å². The van der Waals surface area contributed by atoms with Crippen LogP contribution in [0, 0.1) is 0 Å². The Bertz CT molecular complexity index is 554. The summed E-state index contributed by atoms with van der Waals surface area (Å²) in [5.41, 5.74) is 2.24. The van der Waals surface area contributed by atoms with E-state index in [1.165, 1.54) is 6.92 Å². The third-order valence-corrected chi connectivity index (χ3v) is 4.31. The first-order valence-corrected chi connectivity index (χ1v) is 7.51. The summed E-state index contributed by atoms with van der Waals surface area (Å²) in [5.74, 6) is -0.575. The first-order valence-electron chi connectivity index (χ1n) is 5.86. The van der Waals surface area contributed by atoms with E-state index in [2.05, 4.69) is 10.0 Å². The van der Waals surface area contributed by atoms with Gasteiger partial charge in [-0.1, -0.05) is 24.3 Å². The Morgan fingerprint density at radius 1 is 1.39 bits per heavy atom. The van der Waals surface area contributed by atoms with E-state index in [0.717, 1.165) is 11.1 Å². The van der Waals surface area contributed by atoms with Crippen molar-refractivity contribution in [1.29, 1.82) is 0 Å². The normalized spacial score (nSPS) is 19.1. The zero-order chi connectivity index (χ0) is 13.2. The molecule has 98 valence electrons. The fourth-order valence-corrected chi connectivity index (χ4v) is 2.53. The van der Waals surface area contributed by atoms with Crippen LogP contribution in [0.25, 0.3) is 0 Å². The van der Waals surface area contributed by atoms with Gasteiger partial charge in [0.1, 0.15) is 0 Å². The van der Waals surface area contributed by atoms with Gasteiger partial charge in [0, 0.05) is 6.54 Å². The van der Waals surface area contributed by atoms with Crippen LogP contribution in [0.15, 0.2) is 24.3 Å². The summed E-state index contributed by atoms with van der Waals surface area (Å²) in [7, 11) is -3.48. The average molecular weight is 268 g/mol. The van der Waals surface area contributed by atoms with Gasteiger partial charge in [-0.3, -0.25) is 9.52 Å². The van der Waals surface area contributed by atoms with Gasteiger partial charge in [0.25, 0.3) is 5.91 Å². The number of hydrogen-bond acceptors (Lipinski definition) is 4. The van der Waals surface area contributed by atoms with Crippen LogP contribution in [-0.2, 0) is 27.8 Å². The lowest BCUT2D eigenvalue weighted by Gasteiger charge is -2.25. The van der Waals surface area contributed by atoms with Gasteiger partial charge in [0.15, 0.2) is 0 Å². The van der Waals surface area contributed by atoms with Gasteiger partial charge >= 0.3 is 0 Å². The molecule has 0 aromatic heterocycles. The molecule has 0 bridgehead atoms. The lowest BCUT2D eigenvalue weighted by molar-refractivity contribution is -0.121. The van der Waals surface area contributed by atoms with Gasteiger partial charge < -0.3 is 5.32 Å². The zero-order valence-electron chi connectivity index (χ0n) is 10.1. The van der Waals surface area contributed by atoms with Crippen molar-refractivity contribution in [3.05, 3.63) is 35.4 Å². The molecule has 0 spiro atoms. The molecule has 1 aliphatic rings. The van der Waals surface area contributed by atoms with Crippen LogP contribution in [0.4, 0.5) is 0 Å². The molecule has 1 aromatic carbocycles. The summed E-state index contributed by atoms with van der Waals surface area (Å²) < 4.78 is 24.8. The van der Waals surface area contributed by atoms with E-state index in [-0.39, 0.29) is 5.75 Å². The Hall–Kier alpha value is -1.40. The SMILES string of the molecule is CCS(=O)(=O)NC(=O)C1Cc2ccccc2CN1. The Morgan fingerprint density at radius 2 is 2.06 bits per heavy atom. The number of carbonyl (C=O) groups excluding carboxylic acids is 1. The Morgan fingerprint density at radius 3 is 2.72 bits per heavy atom. The number of amides is 1. The minimum absolute atomic E-state index is 0.0952. The van der Waals surface area contributed by atoms with E-state index >= 15 is 0 Å². The van der Waals surface area contributed by atoms with Crippen LogP contribution in [0.3, 0.4) is 0 Å². The third-order valence-electron chi connectivity index (χ3n) is 3.03. The first kappa shape index (κ1) is 13.0. The van der Waals surface area contributed by atoms with Crippen molar-refractivity contribution >= 4 is 15.9 Å². The molecular weight excluding hydrogens is 252 g/mol. The highest BCUT2D eigenvalue weighted by Crippen LogP contribution is 2.16. The van der Waals surface area contributed by atoms with Gasteiger partial charge in [0.2, 0.25) is 10.0 Å². The summed E-state index contributed by atoms with van der Waals surface area (Å²) >= 11 is 0. The molecule has 0 saturated heterocycles. The average Bonchev–Trinajstić information content (AvgIpc) is 2.37. The Labute approximate surface area is 107 Å². The monoisotopic (exact) mass is 268 g/mol. The van der Waals surface area contributed by atoms with Gasteiger partial charge in [-0.05, 0) is 24.5 Å². The first-order chi connectivity index (χ1) is 8.52. The van der Waals surface area contributed by atoms with Gasteiger partial charge in [-0.2, -0.15) is 0 Å². The van der Waals surface area contributed by atoms with Crippen molar-refractivity contribution < 1.29 is 13.2 Å². The highest BCUT2D eigenvalue weighted by Gasteiger charge is 2.26. The van der Waals surface area contributed by atoms with E-state index in [9.17, 15) is 13.2 Å². The summed E-state index contributed by atoms with van der Waals surface area (Å²) in [4.78, 5) is 11.8. The molecule has 1 unspecified atom stereocenters. The fourth-order valence-electron chi connectivity index (χ4n) is 1.94. The maximum absolute atomic E-state index is 11.8. The zero-order valence-corrected chi connectivity index (χ0v) is 11.0. The molecule has 18 heavy (non-hydrogen) atoms. The third kappa shape index (κ3) is 2.88. The van der Waals surface area contributed by atoms with E-state index < -0.39 is 22.0 Å². The van der Waals surface area contributed by atoms with Crippen molar-refractivity contribution in [3.63, 3.8) is 0 Å². The molecule has 2 rings (SSSR count). The molecule has 6 heteroatoms. The topological polar surface area (TPSA) is 75.3 Å². The molecular formula is C12H16N2O3S. The Kier molecular flexibility index (Phi) is 3.68. The lowest BCUT2D eigenvalue weighted by atomic mass is 9.96. The van der Waals surface area contributed by atoms with Gasteiger partial charge in [0.05, 0.1) is 11.8 Å². The summed E-state index contributed by atoms with van der Waals surface area (Å²) in [5, 5.41) is 3.05. The molecule has 1 heterocycles. The van der Waals surface area contributed by atoms with E-state index in [0.29, 0.717) is 13.0 Å². The highest BCUT2D eigenvalue weighted by molar-refractivity contribution is 7.90. The number of nitrogens with one attached hydrogen (secondary N) is 2. The van der Waals surface area contributed by atoms with Crippen molar-refractivity contribution in [2.75, 3.05) is 5.75 Å². The molecule has 0 saturated carbocycles. The summed E-state index contributed by atoms with van der Waals surface area (Å²) in [6, 6.07) is 7.34. The molecule has 2 N–H and O–H groups in total. The molecule has 0 radical (unpaired) electrons. The number of benzene rings is 1. The van der Waals surface area contributed by atoms with Crippen LogP contribution in [0.5, 0.6) is 0 Å². The van der Waals surface area contributed by atoms with E-state index in [4.69, 9.17) is 0 Å². The molecule has 1 amide bonds. The quantitative estimate of drug-likeness (QED) is 0.819. The molecule has 5 nitrogen and oxygen atoms in total. The molecule has 0 aliphatic carbocycles. The van der Waals surface area contributed by atoms with Crippen LogP contribution in [-0.4, -0.2) is 26.1 Å². The summed E-state index contributed by atoms with van der Waals surface area (Å²) in [6.45, 7) is 2.08. The van der Waals surface area contributed by atoms with Crippen molar-refractivity contribution in [1.82, 2.24) is 10.0 Å². The smallest absolute Gasteiger partial charge is 0.250 e. The van der Waals surface area contributed by atoms with E-state index in [1.807, 2.05) is 24.3 Å². The number of hydrogen-bond donors (Lipinski definition) is 2. The number of sulfonamides is 1. The van der Waals surface area contributed by atoms with Gasteiger partial charge in [-0.15, -0.1) is 0 Å². The second-order valence-corrected chi connectivity index (χ2v) is 6.29. The maximum Gasteiger partial charge on any atom is 0.250 e. The second-order valence-electron chi connectivity index (χ2n) is 4.28. The molecule has 1 atom stereocenters. The number of fused-ring (bicyclic) bond motifs is 1. The molecule has 1 aliphatic heterocycles. The minimum Gasteiger partial charge on any atom is -0.301 e. The number of rotatable bonds is 3. The van der Waals surface area contributed by atoms with Crippen molar-refractivity contribution in [2.45, 2.75) is 25.9 Å². The maximum atomic E-state index is 11.8. The number of carbonyl (C=O) groups is 1. The Balaban J connectivity index is 2.07. The predicted octanol–water partition coefficient (Wildman–Crippen LogP) is 0.167. The molecule has 0 fully saturated rings. The van der Waals surface area contributed by atoms with Crippen LogP contribution >= 0.6 is 0 Å². The second kappa shape index (κ2) is 5.07. The highest BCUT2D eigenvalue weighted by atomic mass is 32.2. The largest absolute Gasteiger partial charge is 0.301 e. The standard InChI is InChI=1S/C12H16N2O3S/c1-2-18(16,17)14-12(15)11-7-9-5-3-4-6-10(9)8-13-11/h3-6,11,13H,2,7-8H2,1H3,(H,14,15). The predicted molar refractivity (Wildman–Crippen MR) is 68.4 cm³/mol. The van der Waals surface area contributed by atoms with Crippen LogP contribution < -0.4 is 10.0 Å². The minimum atomic E-state index is -3.48. The van der Waals surface area contributed by atoms with Crippen molar-refractivity contribution in [3.8, 4) is 0 Å². The van der Waals surface area contributed by atoms with Crippen LogP contribution in [0.2, 0.25) is 0 Å². The lowest BCUT2D eigenvalue weighted by Crippen LogP contribution is -2.49. The fraction of sp³-hybridized carbons (Fsp3) is 0.417.